The van der Waals surface area contributed by atoms with Gasteiger partial charge >= 0.3 is 6.09 Å². The smallest absolute Gasteiger partial charge is 0.408 e. The highest BCUT2D eigenvalue weighted by Gasteiger charge is 2.36. The van der Waals surface area contributed by atoms with Crippen molar-refractivity contribution < 1.29 is 14.3 Å². The molecule has 0 radical (unpaired) electrons. The zero-order chi connectivity index (χ0) is 20.6. The van der Waals surface area contributed by atoms with E-state index in [2.05, 4.69) is 33.7 Å². The van der Waals surface area contributed by atoms with E-state index in [1.165, 1.54) is 0 Å². The highest BCUT2D eigenvalue weighted by molar-refractivity contribution is 5.72. The molecule has 1 fully saturated rings. The van der Waals surface area contributed by atoms with Crippen molar-refractivity contribution in [3.63, 3.8) is 0 Å². The first-order chi connectivity index (χ1) is 14.1. The van der Waals surface area contributed by atoms with Crippen LogP contribution in [0.5, 0.6) is 5.75 Å². The van der Waals surface area contributed by atoms with Crippen LogP contribution in [0.2, 0.25) is 0 Å². The van der Waals surface area contributed by atoms with E-state index in [0.717, 1.165) is 16.7 Å². The van der Waals surface area contributed by atoms with E-state index in [1.807, 2.05) is 49.4 Å². The lowest BCUT2D eigenvalue weighted by Crippen LogP contribution is -2.28. The van der Waals surface area contributed by atoms with Gasteiger partial charge in [-0.3, -0.25) is 4.98 Å². The maximum atomic E-state index is 11.8. The summed E-state index contributed by atoms with van der Waals surface area (Å²) in [7, 11) is 1.60. The van der Waals surface area contributed by atoms with Gasteiger partial charge in [-0.05, 0) is 41.7 Å². The van der Waals surface area contributed by atoms with Crippen molar-refractivity contribution >= 4 is 6.09 Å². The van der Waals surface area contributed by atoms with Crippen LogP contribution >= 0.6 is 0 Å². The molecular formula is C23H21N3O3. The van der Waals surface area contributed by atoms with E-state index < -0.39 is 12.2 Å². The molecule has 1 amide bonds. The quantitative estimate of drug-likeness (QED) is 0.625. The number of cyclic esters (lactones) is 1. The molecule has 2 unspecified atom stereocenters. The second-order valence-corrected chi connectivity index (χ2v) is 6.35. The minimum absolute atomic E-state index is 0.370. The molecule has 2 atom stereocenters. The van der Waals surface area contributed by atoms with Gasteiger partial charge in [0.1, 0.15) is 11.4 Å². The molecule has 0 bridgehead atoms. The van der Waals surface area contributed by atoms with Crippen molar-refractivity contribution in [2.45, 2.75) is 19.1 Å². The fourth-order valence-electron chi connectivity index (χ4n) is 2.77. The molecule has 1 aliphatic heterocycles. The zero-order valence-electron chi connectivity index (χ0n) is 16.3. The number of ether oxygens (including phenoxy) is 2. The van der Waals surface area contributed by atoms with Crippen molar-refractivity contribution in [3.8, 4) is 17.6 Å². The number of rotatable bonds is 5. The average molecular weight is 387 g/mol. The van der Waals surface area contributed by atoms with Crippen LogP contribution in [-0.2, 0) is 4.74 Å². The van der Waals surface area contributed by atoms with Gasteiger partial charge in [-0.2, -0.15) is 0 Å². The van der Waals surface area contributed by atoms with E-state index in [4.69, 9.17) is 9.47 Å². The molecule has 146 valence electrons. The number of nitrogens with one attached hydrogen (secondary N) is 1. The molecule has 1 aromatic carbocycles. The predicted molar refractivity (Wildman–Crippen MR) is 110 cm³/mol. The third-order valence-electron chi connectivity index (χ3n) is 4.24. The van der Waals surface area contributed by atoms with Gasteiger partial charge in [-0.25, -0.2) is 9.78 Å². The van der Waals surface area contributed by atoms with Gasteiger partial charge in [0, 0.05) is 12.4 Å². The molecule has 2 aromatic rings. The van der Waals surface area contributed by atoms with Crippen molar-refractivity contribution in [3.05, 3.63) is 90.1 Å². The monoisotopic (exact) mass is 387 g/mol. The molecule has 1 N–H and O–H groups in total. The van der Waals surface area contributed by atoms with Crippen LogP contribution in [0.25, 0.3) is 0 Å². The van der Waals surface area contributed by atoms with Gasteiger partial charge in [0.05, 0.1) is 19.3 Å². The lowest BCUT2D eigenvalue weighted by Gasteiger charge is -2.18. The first-order valence-electron chi connectivity index (χ1n) is 8.99. The lowest BCUT2D eigenvalue weighted by molar-refractivity contribution is 0.135. The molecule has 0 spiro atoms. The maximum absolute atomic E-state index is 11.8. The van der Waals surface area contributed by atoms with Crippen LogP contribution < -0.4 is 10.1 Å². The molecule has 1 aromatic heterocycles. The Kier molecular flexibility index (Phi) is 6.43. The molecule has 6 nitrogen and oxygen atoms in total. The molecule has 3 rings (SSSR count). The van der Waals surface area contributed by atoms with Crippen molar-refractivity contribution in [2.75, 3.05) is 7.11 Å². The fourth-order valence-corrected chi connectivity index (χ4v) is 2.77. The summed E-state index contributed by atoms with van der Waals surface area (Å²) < 4.78 is 10.7. The number of aromatic nitrogens is 2. The van der Waals surface area contributed by atoms with E-state index in [-0.39, 0.29) is 6.04 Å². The number of carbonyl (C=O) groups excluding carboxylic acids is 1. The van der Waals surface area contributed by atoms with Gasteiger partial charge in [0.2, 0.25) is 0 Å². The Hall–Kier alpha value is -3.85. The molecule has 0 saturated carbocycles. The van der Waals surface area contributed by atoms with E-state index in [1.54, 1.807) is 25.7 Å². The zero-order valence-corrected chi connectivity index (χ0v) is 16.3. The van der Waals surface area contributed by atoms with Gasteiger partial charge in [-0.1, -0.05) is 42.9 Å². The van der Waals surface area contributed by atoms with Crippen LogP contribution in [-0.4, -0.2) is 29.2 Å². The summed E-state index contributed by atoms with van der Waals surface area (Å²) in [5, 5.41) is 2.81. The summed E-state index contributed by atoms with van der Waals surface area (Å²) in [6, 6.07) is 7.07. The number of allylic oxidation sites excluding steroid dienone is 3. The maximum Gasteiger partial charge on any atom is 0.408 e. The van der Waals surface area contributed by atoms with Gasteiger partial charge in [0.25, 0.3) is 0 Å². The highest BCUT2D eigenvalue weighted by atomic mass is 16.6. The summed E-state index contributed by atoms with van der Waals surface area (Å²) in [6.07, 6.45) is 9.41. The van der Waals surface area contributed by atoms with Crippen LogP contribution in [0.15, 0.2) is 78.8 Å². The van der Waals surface area contributed by atoms with Crippen LogP contribution in [0.4, 0.5) is 4.79 Å². The van der Waals surface area contributed by atoms with Crippen LogP contribution in [0.3, 0.4) is 0 Å². The van der Waals surface area contributed by atoms with Crippen LogP contribution in [0, 0.1) is 11.8 Å². The number of methoxy groups -OCH3 is 1. The Morgan fingerprint density at radius 3 is 3.00 bits per heavy atom. The largest absolute Gasteiger partial charge is 0.497 e. The second-order valence-electron chi connectivity index (χ2n) is 6.35. The summed E-state index contributed by atoms with van der Waals surface area (Å²) in [4.78, 5) is 19.9. The molecule has 29 heavy (non-hydrogen) atoms. The Morgan fingerprint density at radius 1 is 1.38 bits per heavy atom. The lowest BCUT2D eigenvalue weighted by atomic mass is 9.97. The topological polar surface area (TPSA) is 73.3 Å². The van der Waals surface area contributed by atoms with Crippen molar-refractivity contribution in [2.24, 2.45) is 0 Å². The number of amides is 1. The normalized spacial score (nSPS) is 18.6. The summed E-state index contributed by atoms with van der Waals surface area (Å²) in [6.45, 7) is 5.98. The first-order valence-corrected chi connectivity index (χ1v) is 8.99. The number of alkyl carbamates (subject to hydrolysis) is 1. The Labute approximate surface area is 170 Å². The van der Waals surface area contributed by atoms with E-state index in [0.29, 0.717) is 11.4 Å². The summed E-state index contributed by atoms with van der Waals surface area (Å²) >= 11 is 0. The summed E-state index contributed by atoms with van der Waals surface area (Å²) in [5.41, 5.74) is 3.02. The van der Waals surface area contributed by atoms with Gasteiger partial charge in [-0.15, -0.1) is 0 Å². The van der Waals surface area contributed by atoms with Crippen molar-refractivity contribution in [1.29, 1.82) is 0 Å². The first kappa shape index (κ1) is 19.9. The number of benzene rings is 1. The number of carbonyl (C=O) groups is 1. The Balaban J connectivity index is 1.69. The number of hydrogen-bond acceptors (Lipinski definition) is 5. The average Bonchev–Trinajstić information content (AvgIpc) is 3.15. The second kappa shape index (κ2) is 9.38. The predicted octanol–water partition coefficient (Wildman–Crippen LogP) is 3.75. The minimum Gasteiger partial charge on any atom is -0.497 e. The van der Waals surface area contributed by atoms with Gasteiger partial charge in [0.15, 0.2) is 6.10 Å². The number of hydrogen-bond donors (Lipinski definition) is 1. The minimum atomic E-state index is -0.476. The molecule has 6 heteroatoms. The van der Waals surface area contributed by atoms with Crippen molar-refractivity contribution in [1.82, 2.24) is 15.3 Å². The molecule has 1 saturated heterocycles. The molecular weight excluding hydrogens is 366 g/mol. The SMILES string of the molecule is C=C(C=CC=C(C)C#Cc1cnccn1)C1NC(=O)OC1c1cccc(OC)c1. The fraction of sp³-hybridized carbons (Fsp3) is 0.174. The number of nitrogens with zero attached hydrogens (tertiary/aromatic N) is 2. The van der Waals surface area contributed by atoms with E-state index >= 15 is 0 Å². The van der Waals surface area contributed by atoms with Gasteiger partial charge < -0.3 is 14.8 Å². The summed E-state index contributed by atoms with van der Waals surface area (Å²) in [5.74, 6) is 6.66. The Bertz CT molecular complexity index is 1020. The third kappa shape index (κ3) is 5.33. The molecule has 0 aliphatic carbocycles. The highest BCUT2D eigenvalue weighted by Crippen LogP contribution is 2.32. The molecule has 2 heterocycles. The van der Waals surface area contributed by atoms with E-state index in [9.17, 15) is 4.79 Å². The van der Waals surface area contributed by atoms with Crippen LogP contribution in [0.1, 0.15) is 24.3 Å². The third-order valence-corrected chi connectivity index (χ3v) is 4.24. The molecule has 1 aliphatic rings. The Morgan fingerprint density at radius 2 is 2.24 bits per heavy atom. The standard InChI is InChI=1S/C23H21N3O3/c1-16(10-11-19-15-24-12-13-25-19)6-4-7-17(2)21-22(29-23(27)26-21)18-8-5-9-20(14-18)28-3/h4-9,12-15,21-22H,2H2,1,3H3,(H,26,27).